The van der Waals surface area contributed by atoms with Gasteiger partial charge in [0.15, 0.2) is 0 Å². The van der Waals surface area contributed by atoms with Crippen molar-refractivity contribution in [1.82, 2.24) is 15.5 Å². The second kappa shape index (κ2) is 20.6. The van der Waals surface area contributed by atoms with Crippen LogP contribution in [0.4, 0.5) is 4.79 Å². The van der Waals surface area contributed by atoms with Crippen LogP contribution in [0.2, 0.25) is 0 Å². The minimum absolute atomic E-state index is 0.0371. The number of alkyl carbamates (subject to hydrolysis) is 1. The molecule has 3 aromatic rings. The van der Waals surface area contributed by atoms with E-state index in [4.69, 9.17) is 23.7 Å². The van der Waals surface area contributed by atoms with Gasteiger partial charge in [0, 0.05) is 39.1 Å². The number of amides is 2. The summed E-state index contributed by atoms with van der Waals surface area (Å²) in [5.74, 6) is -0.262. The third kappa shape index (κ3) is 12.8. The van der Waals surface area contributed by atoms with Crippen LogP contribution < -0.4 is 15.4 Å². The first-order valence-electron chi connectivity index (χ1n) is 19.0. The topological polar surface area (TPSA) is 148 Å². The number of fused-ring (bicyclic) bond motifs is 1. The van der Waals surface area contributed by atoms with E-state index in [0.717, 1.165) is 60.9 Å². The number of carbonyl (C=O) groups excluding carboxylic acids is 2. The molecular formula is C42H57N3O9. The van der Waals surface area contributed by atoms with Crippen molar-refractivity contribution < 1.29 is 43.5 Å². The number of hydrogen-bond acceptors (Lipinski definition) is 10. The van der Waals surface area contributed by atoms with Gasteiger partial charge in [0.1, 0.15) is 18.0 Å². The third-order valence-corrected chi connectivity index (χ3v) is 9.90. The summed E-state index contributed by atoms with van der Waals surface area (Å²) >= 11 is 0. The molecule has 12 heteroatoms. The lowest BCUT2D eigenvalue weighted by molar-refractivity contribution is -0.127. The van der Waals surface area contributed by atoms with E-state index in [1.165, 1.54) is 0 Å². The molecule has 5 atom stereocenters. The SMILES string of the molecule is COCCOCC(C)(C)OC(=O)NC(Cc1ccccc1)C(O)CC(Cc1ccc(OCCN2CCOCC2)cc1)C(=O)NC1c2ccccc2CC1O. The average molecular weight is 748 g/mol. The minimum atomic E-state index is -1.13. The van der Waals surface area contributed by atoms with Crippen molar-refractivity contribution in [1.29, 1.82) is 0 Å². The normalized spacial score (nSPS) is 19.0. The molecule has 5 rings (SSSR count). The van der Waals surface area contributed by atoms with Gasteiger partial charge in [-0.1, -0.05) is 66.7 Å². The molecular weight excluding hydrogens is 690 g/mol. The van der Waals surface area contributed by atoms with Crippen molar-refractivity contribution >= 4 is 12.0 Å². The molecule has 4 N–H and O–H groups in total. The van der Waals surface area contributed by atoms with Crippen LogP contribution in [0.3, 0.4) is 0 Å². The molecule has 54 heavy (non-hydrogen) atoms. The van der Waals surface area contributed by atoms with Crippen molar-refractivity contribution in [2.24, 2.45) is 5.92 Å². The van der Waals surface area contributed by atoms with Gasteiger partial charge >= 0.3 is 6.09 Å². The second-order valence-corrected chi connectivity index (χ2v) is 14.7. The zero-order valence-corrected chi connectivity index (χ0v) is 31.8. The number of benzene rings is 3. The summed E-state index contributed by atoms with van der Waals surface area (Å²) in [6.45, 7) is 9.06. The molecule has 0 radical (unpaired) electrons. The van der Waals surface area contributed by atoms with Gasteiger partial charge in [-0.3, -0.25) is 9.69 Å². The van der Waals surface area contributed by atoms with Crippen LogP contribution in [-0.2, 0) is 43.0 Å². The van der Waals surface area contributed by atoms with Gasteiger partial charge in [-0.25, -0.2) is 4.79 Å². The Labute approximate surface area is 319 Å². The molecule has 0 spiro atoms. The largest absolute Gasteiger partial charge is 0.492 e. The van der Waals surface area contributed by atoms with Gasteiger partial charge in [-0.2, -0.15) is 0 Å². The molecule has 0 aromatic heterocycles. The minimum Gasteiger partial charge on any atom is -0.492 e. The van der Waals surface area contributed by atoms with Crippen LogP contribution in [0.15, 0.2) is 78.9 Å². The Morgan fingerprint density at radius 2 is 1.63 bits per heavy atom. The van der Waals surface area contributed by atoms with Crippen LogP contribution in [-0.4, -0.2) is 117 Å². The first-order chi connectivity index (χ1) is 26.1. The molecule has 1 aliphatic heterocycles. The summed E-state index contributed by atoms with van der Waals surface area (Å²) in [4.78, 5) is 29.8. The Kier molecular flexibility index (Phi) is 15.7. The maximum atomic E-state index is 14.2. The van der Waals surface area contributed by atoms with Crippen LogP contribution in [0.5, 0.6) is 5.75 Å². The van der Waals surface area contributed by atoms with Gasteiger partial charge in [0.05, 0.1) is 57.3 Å². The molecule has 0 bridgehead atoms. The highest BCUT2D eigenvalue weighted by Crippen LogP contribution is 2.32. The molecule has 2 amide bonds. The van der Waals surface area contributed by atoms with Crippen LogP contribution in [0, 0.1) is 5.92 Å². The Balaban J connectivity index is 1.30. The van der Waals surface area contributed by atoms with E-state index in [-0.39, 0.29) is 18.9 Å². The van der Waals surface area contributed by atoms with Crippen molar-refractivity contribution in [2.75, 3.05) is 66.4 Å². The Morgan fingerprint density at radius 1 is 0.926 bits per heavy atom. The first-order valence-corrected chi connectivity index (χ1v) is 19.0. The summed E-state index contributed by atoms with van der Waals surface area (Å²) in [5.41, 5.74) is 2.72. The smallest absolute Gasteiger partial charge is 0.408 e. The van der Waals surface area contributed by atoms with Gasteiger partial charge < -0.3 is 44.5 Å². The number of ether oxygens (including phenoxy) is 5. The van der Waals surface area contributed by atoms with Crippen LogP contribution in [0.25, 0.3) is 0 Å². The maximum absolute atomic E-state index is 14.2. The van der Waals surface area contributed by atoms with Crippen LogP contribution >= 0.6 is 0 Å². The number of hydrogen-bond donors (Lipinski definition) is 4. The zero-order valence-electron chi connectivity index (χ0n) is 31.8. The predicted octanol–water partition coefficient (Wildman–Crippen LogP) is 3.86. The lowest BCUT2D eigenvalue weighted by atomic mass is 9.88. The molecule has 12 nitrogen and oxygen atoms in total. The molecule has 1 saturated heterocycles. The van der Waals surface area contributed by atoms with Crippen molar-refractivity contribution in [3.05, 3.63) is 101 Å². The number of carbonyl (C=O) groups is 2. The summed E-state index contributed by atoms with van der Waals surface area (Å²) in [6, 6.07) is 23.6. The second-order valence-electron chi connectivity index (χ2n) is 14.7. The lowest BCUT2D eigenvalue weighted by Crippen LogP contribution is -2.49. The zero-order chi connectivity index (χ0) is 38.3. The molecule has 3 aromatic carbocycles. The number of aliphatic hydroxyl groups excluding tert-OH is 2. The fourth-order valence-electron chi connectivity index (χ4n) is 6.95. The number of nitrogens with one attached hydrogen (secondary N) is 2. The van der Waals surface area contributed by atoms with Crippen molar-refractivity contribution in [3.63, 3.8) is 0 Å². The molecule has 294 valence electrons. The van der Waals surface area contributed by atoms with Crippen molar-refractivity contribution in [2.45, 2.75) is 69.4 Å². The summed E-state index contributed by atoms with van der Waals surface area (Å²) in [5, 5.41) is 28.8. The monoisotopic (exact) mass is 747 g/mol. The lowest BCUT2D eigenvalue weighted by Gasteiger charge is -2.30. The Hall–Kier alpha value is -4.04. The standard InChI is InChI=1S/C42H57N3O9/c1-42(2,29-52-24-23-50-3)54-41(49)43-36(26-30-9-5-4-6-10-30)37(46)28-33(40(48)44-39-35-12-8-7-11-32(35)27-38(39)47)25-31-13-15-34(16-14-31)53-22-19-45-17-20-51-21-18-45/h4-16,33,36-39,46-47H,17-29H2,1-3H3,(H,43,49)(H,44,48). The van der Waals surface area contributed by atoms with E-state index in [1.807, 2.05) is 78.9 Å². The number of nitrogens with zero attached hydrogens (tertiary/aromatic N) is 1. The molecule has 1 fully saturated rings. The van der Waals surface area contributed by atoms with Gasteiger partial charge in [0.2, 0.25) is 5.91 Å². The quantitative estimate of drug-likeness (QED) is 0.126. The number of rotatable bonds is 20. The fourth-order valence-corrected chi connectivity index (χ4v) is 6.95. The molecule has 1 aliphatic carbocycles. The third-order valence-electron chi connectivity index (χ3n) is 9.90. The number of aliphatic hydroxyl groups is 2. The van der Waals surface area contributed by atoms with E-state index in [2.05, 4.69) is 15.5 Å². The van der Waals surface area contributed by atoms with E-state index in [1.54, 1.807) is 21.0 Å². The molecule has 2 aliphatic rings. The molecule has 5 unspecified atom stereocenters. The molecule has 1 heterocycles. The molecule has 0 saturated carbocycles. The van der Waals surface area contributed by atoms with Crippen LogP contribution in [0.1, 0.15) is 48.6 Å². The maximum Gasteiger partial charge on any atom is 0.408 e. The van der Waals surface area contributed by atoms with E-state index in [0.29, 0.717) is 39.1 Å². The van der Waals surface area contributed by atoms with E-state index in [9.17, 15) is 19.8 Å². The number of methoxy groups -OCH3 is 1. The van der Waals surface area contributed by atoms with Gasteiger partial charge in [0.25, 0.3) is 0 Å². The summed E-state index contributed by atoms with van der Waals surface area (Å²) in [7, 11) is 1.59. The van der Waals surface area contributed by atoms with Gasteiger partial charge in [-0.05, 0) is 67.5 Å². The summed E-state index contributed by atoms with van der Waals surface area (Å²) in [6.07, 6.45) is -1.49. The average Bonchev–Trinajstić information content (AvgIpc) is 3.48. The fraction of sp³-hybridized carbons (Fsp3) is 0.524. The predicted molar refractivity (Wildman–Crippen MR) is 204 cm³/mol. The Bertz CT molecular complexity index is 1580. The highest BCUT2D eigenvalue weighted by molar-refractivity contribution is 5.80. The highest BCUT2D eigenvalue weighted by Gasteiger charge is 2.36. The van der Waals surface area contributed by atoms with E-state index < -0.39 is 41.9 Å². The van der Waals surface area contributed by atoms with Gasteiger partial charge in [-0.15, -0.1) is 0 Å². The Morgan fingerprint density at radius 3 is 2.37 bits per heavy atom. The first kappa shape index (κ1) is 41.1. The highest BCUT2D eigenvalue weighted by atomic mass is 16.6. The van der Waals surface area contributed by atoms with E-state index >= 15 is 0 Å². The van der Waals surface area contributed by atoms with Crippen molar-refractivity contribution in [3.8, 4) is 5.75 Å². The summed E-state index contributed by atoms with van der Waals surface area (Å²) < 4.78 is 27.8. The number of morpholine rings is 1.